The molecule has 0 aromatic heterocycles. The van der Waals surface area contributed by atoms with Gasteiger partial charge < -0.3 is 9.47 Å². The third-order valence-electron chi connectivity index (χ3n) is 3.93. The molecule has 0 fully saturated rings. The highest BCUT2D eigenvalue weighted by Gasteiger charge is 2.41. The molecule has 0 N–H and O–H groups in total. The van der Waals surface area contributed by atoms with Crippen LogP contribution in [0, 0.1) is 5.92 Å². The van der Waals surface area contributed by atoms with Crippen molar-refractivity contribution in [1.29, 1.82) is 0 Å². The first-order valence-electron chi connectivity index (χ1n) is 8.31. The summed E-state index contributed by atoms with van der Waals surface area (Å²) >= 11 is 0. The molecule has 0 aliphatic heterocycles. The number of rotatable bonds is 12. The summed E-state index contributed by atoms with van der Waals surface area (Å²) in [6.45, 7) is 1.51. The standard InChI is InChI=1S/C16H28F6O2/c1-4-5-6-7-8-9-10-13(2)14(3,23-11-15(17,18)19)24-12-16(20,21)22/h13H,4-12H2,1-3H3. The summed E-state index contributed by atoms with van der Waals surface area (Å²) in [6.07, 6.45) is -2.89. The Morgan fingerprint density at radius 2 is 1.17 bits per heavy atom. The zero-order valence-electron chi connectivity index (χ0n) is 14.5. The molecular weight excluding hydrogens is 338 g/mol. The number of hydrogen-bond acceptors (Lipinski definition) is 2. The second kappa shape index (κ2) is 10.5. The molecule has 8 heteroatoms. The number of alkyl halides is 6. The lowest BCUT2D eigenvalue weighted by Crippen LogP contribution is -2.44. The van der Waals surface area contributed by atoms with Crippen molar-refractivity contribution in [2.24, 2.45) is 5.92 Å². The van der Waals surface area contributed by atoms with E-state index in [-0.39, 0.29) is 0 Å². The first-order chi connectivity index (χ1) is 10.9. The molecule has 24 heavy (non-hydrogen) atoms. The molecule has 1 atom stereocenters. The summed E-state index contributed by atoms with van der Waals surface area (Å²) in [5, 5.41) is 0. The molecule has 0 radical (unpaired) electrons. The van der Waals surface area contributed by atoms with E-state index in [1.165, 1.54) is 0 Å². The van der Waals surface area contributed by atoms with Gasteiger partial charge in [-0.25, -0.2) is 0 Å². The van der Waals surface area contributed by atoms with Crippen LogP contribution in [-0.2, 0) is 9.47 Å². The topological polar surface area (TPSA) is 18.5 Å². The van der Waals surface area contributed by atoms with Gasteiger partial charge in [0.15, 0.2) is 5.79 Å². The minimum absolute atomic E-state index is 0.443. The van der Waals surface area contributed by atoms with Crippen LogP contribution >= 0.6 is 0 Å². The molecule has 0 aromatic carbocycles. The van der Waals surface area contributed by atoms with Crippen LogP contribution in [0.4, 0.5) is 26.3 Å². The van der Waals surface area contributed by atoms with Crippen LogP contribution in [0.1, 0.15) is 65.7 Å². The predicted molar refractivity (Wildman–Crippen MR) is 79.6 cm³/mol. The van der Waals surface area contributed by atoms with Crippen molar-refractivity contribution in [3.63, 3.8) is 0 Å². The van der Waals surface area contributed by atoms with Gasteiger partial charge >= 0.3 is 12.4 Å². The predicted octanol–water partition coefficient (Wildman–Crippen LogP) is 6.25. The van der Waals surface area contributed by atoms with Gasteiger partial charge in [-0.05, 0) is 13.3 Å². The molecular formula is C16H28F6O2. The van der Waals surface area contributed by atoms with Crippen LogP contribution in [0.15, 0.2) is 0 Å². The summed E-state index contributed by atoms with van der Waals surface area (Å²) < 4.78 is 83.5. The van der Waals surface area contributed by atoms with Gasteiger partial charge in [-0.3, -0.25) is 0 Å². The lowest BCUT2D eigenvalue weighted by Gasteiger charge is -2.36. The van der Waals surface area contributed by atoms with Crippen LogP contribution in [0.25, 0.3) is 0 Å². The molecule has 0 heterocycles. The van der Waals surface area contributed by atoms with Crippen molar-refractivity contribution in [1.82, 2.24) is 0 Å². The fraction of sp³-hybridized carbons (Fsp3) is 1.00. The molecule has 0 aliphatic rings. The zero-order valence-corrected chi connectivity index (χ0v) is 14.5. The van der Waals surface area contributed by atoms with Gasteiger partial charge in [-0.2, -0.15) is 26.3 Å². The molecule has 0 rings (SSSR count). The molecule has 0 saturated carbocycles. The third-order valence-corrected chi connectivity index (χ3v) is 3.93. The minimum atomic E-state index is -4.62. The summed E-state index contributed by atoms with van der Waals surface area (Å²) in [5.74, 6) is -2.51. The van der Waals surface area contributed by atoms with Gasteiger partial charge in [-0.15, -0.1) is 0 Å². The lowest BCUT2D eigenvalue weighted by atomic mass is 9.94. The number of halogens is 6. The molecule has 1 unspecified atom stereocenters. The fourth-order valence-corrected chi connectivity index (χ4v) is 2.27. The first kappa shape index (κ1) is 23.5. The molecule has 0 aliphatic carbocycles. The summed E-state index contributed by atoms with van der Waals surface area (Å²) in [5.41, 5.74) is 0. The quantitative estimate of drug-likeness (QED) is 0.231. The second-order valence-electron chi connectivity index (χ2n) is 6.28. The SMILES string of the molecule is CCCCCCCCC(C)C(C)(OCC(F)(F)F)OCC(F)(F)F. The van der Waals surface area contributed by atoms with E-state index in [1.54, 1.807) is 6.92 Å². The van der Waals surface area contributed by atoms with Gasteiger partial charge in [-0.1, -0.05) is 52.4 Å². The lowest BCUT2D eigenvalue weighted by molar-refractivity contribution is -0.320. The Bertz CT molecular complexity index is 310. The largest absolute Gasteiger partial charge is 0.411 e. The van der Waals surface area contributed by atoms with E-state index in [2.05, 4.69) is 6.92 Å². The van der Waals surface area contributed by atoms with Crippen molar-refractivity contribution in [3.05, 3.63) is 0 Å². The Hall–Kier alpha value is -0.500. The van der Waals surface area contributed by atoms with Gasteiger partial charge in [0.1, 0.15) is 13.2 Å². The van der Waals surface area contributed by atoms with Crippen molar-refractivity contribution < 1.29 is 35.8 Å². The Labute approximate surface area is 139 Å². The highest BCUT2D eigenvalue weighted by atomic mass is 19.4. The zero-order chi connectivity index (χ0) is 18.9. The van der Waals surface area contributed by atoms with Crippen LogP contribution in [-0.4, -0.2) is 31.4 Å². The molecule has 2 nitrogen and oxygen atoms in total. The smallest absolute Gasteiger partial charge is 0.341 e. The molecule has 0 saturated heterocycles. The van der Waals surface area contributed by atoms with Crippen LogP contribution in [0.2, 0.25) is 0 Å². The Morgan fingerprint density at radius 3 is 1.58 bits per heavy atom. The van der Waals surface area contributed by atoms with Gasteiger partial charge in [0.2, 0.25) is 0 Å². The summed E-state index contributed by atoms with van der Waals surface area (Å²) in [4.78, 5) is 0. The van der Waals surface area contributed by atoms with Crippen LogP contribution in [0.3, 0.4) is 0 Å². The third kappa shape index (κ3) is 11.9. The van der Waals surface area contributed by atoms with Gasteiger partial charge in [0.25, 0.3) is 0 Å². The minimum Gasteiger partial charge on any atom is -0.341 e. The van der Waals surface area contributed by atoms with Gasteiger partial charge in [0.05, 0.1) is 0 Å². The van der Waals surface area contributed by atoms with Crippen LogP contribution in [0.5, 0.6) is 0 Å². The van der Waals surface area contributed by atoms with E-state index < -0.39 is 37.3 Å². The molecule has 0 aromatic rings. The maximum absolute atomic E-state index is 12.3. The number of ether oxygens (including phenoxy) is 2. The molecule has 0 bridgehead atoms. The Kier molecular flexibility index (Phi) is 10.3. The summed E-state index contributed by atoms with van der Waals surface area (Å²) in [7, 11) is 0. The average molecular weight is 366 g/mol. The fourth-order valence-electron chi connectivity index (χ4n) is 2.27. The molecule has 0 amide bonds. The molecule has 146 valence electrons. The van der Waals surface area contributed by atoms with Crippen molar-refractivity contribution in [2.45, 2.75) is 83.9 Å². The Morgan fingerprint density at radius 1 is 0.750 bits per heavy atom. The number of unbranched alkanes of at least 4 members (excludes halogenated alkanes) is 5. The van der Waals surface area contributed by atoms with E-state index in [0.717, 1.165) is 39.0 Å². The normalized spacial score (nSPS) is 14.9. The van der Waals surface area contributed by atoms with Crippen molar-refractivity contribution in [3.8, 4) is 0 Å². The van der Waals surface area contributed by atoms with Crippen molar-refractivity contribution in [2.75, 3.05) is 13.2 Å². The van der Waals surface area contributed by atoms with Crippen molar-refractivity contribution >= 4 is 0 Å². The second-order valence-corrected chi connectivity index (χ2v) is 6.28. The van der Waals surface area contributed by atoms with E-state index in [9.17, 15) is 26.3 Å². The Balaban J connectivity index is 4.53. The van der Waals surface area contributed by atoms with E-state index in [0.29, 0.717) is 12.8 Å². The average Bonchev–Trinajstić information content (AvgIpc) is 2.45. The first-order valence-corrected chi connectivity index (χ1v) is 8.31. The monoisotopic (exact) mass is 366 g/mol. The van der Waals surface area contributed by atoms with Crippen LogP contribution < -0.4 is 0 Å². The maximum atomic E-state index is 12.3. The van der Waals surface area contributed by atoms with E-state index in [4.69, 9.17) is 9.47 Å². The highest BCUT2D eigenvalue weighted by molar-refractivity contribution is 4.74. The summed E-state index contributed by atoms with van der Waals surface area (Å²) in [6, 6.07) is 0. The van der Waals surface area contributed by atoms with E-state index >= 15 is 0 Å². The van der Waals surface area contributed by atoms with E-state index in [1.807, 2.05) is 0 Å². The van der Waals surface area contributed by atoms with Gasteiger partial charge in [0, 0.05) is 5.92 Å². The highest BCUT2D eigenvalue weighted by Crippen LogP contribution is 2.32. The number of hydrogen-bond donors (Lipinski definition) is 0. The molecule has 0 spiro atoms. The maximum Gasteiger partial charge on any atom is 0.411 e.